The predicted molar refractivity (Wildman–Crippen MR) is 102 cm³/mol. The number of rotatable bonds is 6. The third-order valence-electron chi connectivity index (χ3n) is 4.69. The number of ketones is 1. The number of aryl methyl sites for hydroxylation is 3. The minimum Gasteiger partial charge on any atom is -0.495 e. The van der Waals surface area contributed by atoms with Crippen molar-refractivity contribution >= 4 is 15.8 Å². The maximum absolute atomic E-state index is 13.1. The highest BCUT2D eigenvalue weighted by atomic mass is 32.2. The number of Topliss-reactive ketones (excluding diaryl/α,β-unsaturated/α-hetero) is 1. The van der Waals surface area contributed by atoms with E-state index in [1.807, 2.05) is 26.8 Å². The summed E-state index contributed by atoms with van der Waals surface area (Å²) in [7, 11) is -1.05. The van der Waals surface area contributed by atoms with E-state index < -0.39 is 16.1 Å². The van der Waals surface area contributed by atoms with Crippen LogP contribution in [0.1, 0.15) is 34.0 Å². The van der Waals surface area contributed by atoms with E-state index in [-0.39, 0.29) is 16.4 Å². The molecule has 2 rings (SSSR count). The number of hydrogen-bond acceptors (Lipinski definition) is 4. The Bertz CT molecular complexity index is 935. The van der Waals surface area contributed by atoms with Crippen LogP contribution in [0.25, 0.3) is 0 Å². The molecule has 0 heterocycles. The Balaban J connectivity index is 2.40. The van der Waals surface area contributed by atoms with Crippen molar-refractivity contribution in [3.63, 3.8) is 0 Å². The molecule has 0 aliphatic heterocycles. The van der Waals surface area contributed by atoms with Crippen LogP contribution < -0.4 is 4.74 Å². The second-order valence-corrected chi connectivity index (χ2v) is 8.48. The van der Waals surface area contributed by atoms with E-state index in [1.165, 1.54) is 14.2 Å². The number of carbonyl (C=O) groups excluding carboxylic acids is 1. The molecule has 0 fully saturated rings. The summed E-state index contributed by atoms with van der Waals surface area (Å²) in [6.45, 7) is 7.29. The summed E-state index contributed by atoms with van der Waals surface area (Å²) in [5.41, 5.74) is 3.37. The molecule has 0 aliphatic carbocycles. The number of likely N-dealkylation sites (N-methyl/N-ethyl adjacent to an activating group) is 1. The topological polar surface area (TPSA) is 63.7 Å². The van der Waals surface area contributed by atoms with Crippen molar-refractivity contribution < 1.29 is 17.9 Å². The Morgan fingerprint density at radius 3 is 2.27 bits per heavy atom. The third-order valence-corrected chi connectivity index (χ3v) is 6.64. The monoisotopic (exact) mass is 375 g/mol. The van der Waals surface area contributed by atoms with E-state index in [2.05, 4.69) is 0 Å². The molecule has 26 heavy (non-hydrogen) atoms. The van der Waals surface area contributed by atoms with Crippen LogP contribution in [0, 0.1) is 20.8 Å². The van der Waals surface area contributed by atoms with E-state index >= 15 is 0 Å². The normalized spacial score (nSPS) is 12.9. The van der Waals surface area contributed by atoms with E-state index in [4.69, 9.17) is 4.74 Å². The van der Waals surface area contributed by atoms with Crippen molar-refractivity contribution in [1.29, 1.82) is 0 Å². The molecule has 6 heteroatoms. The number of hydrogen-bond donors (Lipinski definition) is 0. The predicted octanol–water partition coefficient (Wildman–Crippen LogP) is 3.51. The first-order valence-electron chi connectivity index (χ1n) is 8.33. The van der Waals surface area contributed by atoms with Gasteiger partial charge in [-0.15, -0.1) is 0 Å². The van der Waals surface area contributed by atoms with Gasteiger partial charge in [-0.1, -0.05) is 18.2 Å². The van der Waals surface area contributed by atoms with Gasteiger partial charge in [-0.3, -0.25) is 4.79 Å². The molecule has 0 N–H and O–H groups in total. The lowest BCUT2D eigenvalue weighted by Crippen LogP contribution is -2.40. The van der Waals surface area contributed by atoms with Crippen LogP contribution in [0.2, 0.25) is 0 Å². The van der Waals surface area contributed by atoms with E-state index in [9.17, 15) is 13.2 Å². The standard InChI is InChI=1S/C20H25NO4S/c1-13-7-10-18(25-6)19(11-13)26(23,24)21(5)16(4)20(22)17-9-8-14(2)15(3)12-17/h7-12,16H,1-6H3. The first-order valence-corrected chi connectivity index (χ1v) is 9.77. The Labute approximate surface area is 155 Å². The maximum atomic E-state index is 13.1. The number of carbonyl (C=O) groups is 1. The van der Waals surface area contributed by atoms with Crippen LogP contribution in [0.5, 0.6) is 5.75 Å². The largest absolute Gasteiger partial charge is 0.495 e. The molecule has 0 amide bonds. The zero-order valence-electron chi connectivity index (χ0n) is 16.0. The van der Waals surface area contributed by atoms with Crippen molar-refractivity contribution in [3.8, 4) is 5.75 Å². The fraction of sp³-hybridized carbons (Fsp3) is 0.350. The van der Waals surface area contributed by atoms with Crippen molar-refractivity contribution in [2.45, 2.75) is 38.6 Å². The second kappa shape index (κ2) is 7.60. The Kier molecular flexibility index (Phi) is 5.88. The van der Waals surface area contributed by atoms with Gasteiger partial charge in [0, 0.05) is 12.6 Å². The van der Waals surface area contributed by atoms with Crippen molar-refractivity contribution in [2.75, 3.05) is 14.2 Å². The van der Waals surface area contributed by atoms with E-state index in [0.29, 0.717) is 5.56 Å². The van der Waals surface area contributed by atoms with Crippen molar-refractivity contribution in [2.24, 2.45) is 0 Å². The van der Waals surface area contributed by atoms with Crippen LogP contribution in [0.4, 0.5) is 0 Å². The molecule has 0 aromatic heterocycles. The number of nitrogens with zero attached hydrogens (tertiary/aromatic N) is 1. The molecule has 0 aliphatic rings. The van der Waals surface area contributed by atoms with Crippen LogP contribution >= 0.6 is 0 Å². The molecular formula is C20H25NO4S. The van der Waals surface area contributed by atoms with Gasteiger partial charge in [0.25, 0.3) is 0 Å². The van der Waals surface area contributed by atoms with Crippen LogP contribution in [0.3, 0.4) is 0 Å². The van der Waals surface area contributed by atoms with Crippen LogP contribution in [0.15, 0.2) is 41.3 Å². The molecule has 0 saturated heterocycles. The molecule has 140 valence electrons. The Hall–Kier alpha value is -2.18. The summed E-state index contributed by atoms with van der Waals surface area (Å²) in [5.74, 6) is 0.0130. The number of methoxy groups -OCH3 is 1. The van der Waals surface area contributed by atoms with Gasteiger partial charge in [0.1, 0.15) is 10.6 Å². The van der Waals surface area contributed by atoms with Gasteiger partial charge in [0.15, 0.2) is 5.78 Å². The zero-order valence-corrected chi connectivity index (χ0v) is 16.8. The summed E-state index contributed by atoms with van der Waals surface area (Å²) in [6.07, 6.45) is 0. The molecule has 2 aromatic carbocycles. The molecule has 0 saturated carbocycles. The molecular weight excluding hydrogens is 350 g/mol. The minimum absolute atomic E-state index is 0.0576. The lowest BCUT2D eigenvalue weighted by Gasteiger charge is -2.24. The fourth-order valence-corrected chi connectivity index (χ4v) is 4.21. The first kappa shape index (κ1) is 20.1. The van der Waals surface area contributed by atoms with Gasteiger partial charge < -0.3 is 4.74 Å². The fourth-order valence-electron chi connectivity index (χ4n) is 2.65. The average Bonchev–Trinajstić information content (AvgIpc) is 2.62. The summed E-state index contributed by atoms with van der Waals surface area (Å²) in [4.78, 5) is 12.9. The number of sulfonamides is 1. The minimum atomic E-state index is -3.89. The Morgan fingerprint density at radius 2 is 1.69 bits per heavy atom. The lowest BCUT2D eigenvalue weighted by molar-refractivity contribution is 0.0919. The second-order valence-electron chi connectivity index (χ2n) is 6.51. The van der Waals surface area contributed by atoms with Gasteiger partial charge in [-0.25, -0.2) is 8.42 Å². The van der Waals surface area contributed by atoms with Gasteiger partial charge in [-0.2, -0.15) is 4.31 Å². The maximum Gasteiger partial charge on any atom is 0.247 e. The third kappa shape index (κ3) is 3.81. The van der Waals surface area contributed by atoms with Crippen molar-refractivity contribution in [3.05, 3.63) is 58.7 Å². The van der Waals surface area contributed by atoms with Crippen molar-refractivity contribution in [1.82, 2.24) is 4.31 Å². The summed E-state index contributed by atoms with van der Waals surface area (Å²) in [6, 6.07) is 9.50. The SMILES string of the molecule is COc1ccc(C)cc1S(=O)(=O)N(C)C(C)C(=O)c1ccc(C)c(C)c1. The summed E-state index contributed by atoms with van der Waals surface area (Å²) < 4.78 is 32.4. The smallest absolute Gasteiger partial charge is 0.247 e. The number of benzene rings is 2. The van der Waals surface area contributed by atoms with Crippen LogP contribution in [-0.4, -0.2) is 38.7 Å². The highest BCUT2D eigenvalue weighted by molar-refractivity contribution is 7.89. The molecule has 1 unspecified atom stereocenters. The first-order chi connectivity index (χ1) is 12.1. The van der Waals surface area contributed by atoms with Gasteiger partial charge >= 0.3 is 0 Å². The molecule has 2 aromatic rings. The van der Waals surface area contributed by atoms with E-state index in [1.54, 1.807) is 37.3 Å². The highest BCUT2D eigenvalue weighted by Gasteiger charge is 2.32. The lowest BCUT2D eigenvalue weighted by atomic mass is 10.0. The summed E-state index contributed by atoms with van der Waals surface area (Å²) in [5, 5.41) is 0. The van der Waals surface area contributed by atoms with Crippen LogP contribution in [-0.2, 0) is 10.0 Å². The molecule has 0 bridgehead atoms. The van der Waals surface area contributed by atoms with Gasteiger partial charge in [0.2, 0.25) is 10.0 Å². The number of ether oxygens (including phenoxy) is 1. The molecule has 0 spiro atoms. The summed E-state index contributed by atoms with van der Waals surface area (Å²) >= 11 is 0. The van der Waals surface area contributed by atoms with Gasteiger partial charge in [-0.05, 0) is 62.6 Å². The molecule has 5 nitrogen and oxygen atoms in total. The molecule has 1 atom stereocenters. The average molecular weight is 375 g/mol. The van der Waals surface area contributed by atoms with E-state index in [0.717, 1.165) is 21.0 Å². The zero-order chi connectivity index (χ0) is 19.6. The Morgan fingerprint density at radius 1 is 1.04 bits per heavy atom. The quantitative estimate of drug-likeness (QED) is 0.725. The molecule has 0 radical (unpaired) electrons. The van der Waals surface area contributed by atoms with Gasteiger partial charge in [0.05, 0.1) is 13.2 Å². The highest BCUT2D eigenvalue weighted by Crippen LogP contribution is 2.28.